The molecule has 2 bridgehead atoms. The van der Waals surface area contributed by atoms with E-state index in [1.54, 1.807) is 0 Å². The van der Waals surface area contributed by atoms with E-state index >= 15 is 0 Å². The Morgan fingerprint density at radius 1 is 1.07 bits per heavy atom. The number of pyridine rings is 1. The molecule has 4 heterocycles. The van der Waals surface area contributed by atoms with E-state index in [1.165, 1.54) is 16.8 Å². The van der Waals surface area contributed by atoms with Crippen molar-refractivity contribution in [3.63, 3.8) is 0 Å². The zero-order valence-corrected chi connectivity index (χ0v) is 15.4. The molecule has 3 aliphatic heterocycles. The Balaban J connectivity index is 0.000000323. The minimum atomic E-state index is -4.19. The van der Waals surface area contributed by atoms with E-state index < -0.39 is 10.2 Å². The van der Waals surface area contributed by atoms with Gasteiger partial charge in [0.25, 0.3) is 0 Å². The van der Waals surface area contributed by atoms with Crippen molar-refractivity contribution in [2.75, 3.05) is 6.54 Å². The van der Waals surface area contributed by atoms with Gasteiger partial charge in [-0.1, -0.05) is 30.3 Å². The number of carbonyl (C=O) groups is 1. The molecule has 1 fully saturated rings. The molecule has 144 valence electrons. The molecule has 1 aliphatic carbocycles. The van der Waals surface area contributed by atoms with Crippen LogP contribution in [0.1, 0.15) is 48.0 Å². The molecule has 1 saturated heterocycles. The molecule has 3 unspecified atom stereocenters. The van der Waals surface area contributed by atoms with E-state index in [2.05, 4.69) is 58.1 Å². The van der Waals surface area contributed by atoms with Crippen molar-refractivity contribution in [1.29, 1.82) is 0 Å². The standard InChI is InChI=1S/C19H19N2O.ClH3O4/c22-18-9-5-11-21(18)17-12-16-13-6-1-2-7-14(13)19(17)15-8-3-4-10-20(15)16;2-1(3,4)5/h1-4,6-8,10,16-17,19H,5,9,11-12H2;2-4H/q+1;. The molecule has 0 spiro atoms. The van der Waals surface area contributed by atoms with Gasteiger partial charge in [0.1, 0.15) is 0 Å². The maximum atomic E-state index is 12.3. The van der Waals surface area contributed by atoms with Gasteiger partial charge in [0, 0.05) is 37.1 Å². The molecule has 0 saturated carbocycles. The fraction of sp³-hybridized carbons (Fsp3) is 0.368. The second-order valence-corrected chi connectivity index (χ2v) is 7.95. The van der Waals surface area contributed by atoms with Crippen molar-refractivity contribution < 1.29 is 38.2 Å². The Bertz CT molecular complexity index is 816. The Hall–Kier alpha value is -2.03. The van der Waals surface area contributed by atoms with Gasteiger partial charge in [0.05, 0.1) is 12.0 Å². The third-order valence-electron chi connectivity index (χ3n) is 5.63. The summed E-state index contributed by atoms with van der Waals surface area (Å²) in [6.45, 7) is 0.932. The first-order chi connectivity index (χ1) is 12.8. The number of nitrogens with zero attached hydrogens (tertiary/aromatic N) is 2. The van der Waals surface area contributed by atoms with Gasteiger partial charge in [0.15, 0.2) is 17.9 Å². The molecular formula is C19H22ClN2O5+. The average Bonchev–Trinajstić information content (AvgIpc) is 3.06. The summed E-state index contributed by atoms with van der Waals surface area (Å²) in [4.78, 5) is 14.4. The second kappa shape index (κ2) is 6.85. The molecule has 3 N–H and O–H groups in total. The van der Waals surface area contributed by atoms with Crippen LogP contribution in [0.2, 0.25) is 0 Å². The number of carbonyl (C=O) groups excluding carboxylic acids is 1. The summed E-state index contributed by atoms with van der Waals surface area (Å²) < 4.78 is 32.6. The van der Waals surface area contributed by atoms with Crippen LogP contribution < -0.4 is 9.23 Å². The molecule has 4 aliphatic rings. The van der Waals surface area contributed by atoms with Crippen molar-refractivity contribution in [1.82, 2.24) is 4.90 Å². The SMILES string of the molecule is O=C1CCCN1C1CC2c3ccccc3C1c1cccc[n+]12.[O-][Cl+](O)(O)O. The third-order valence-corrected chi connectivity index (χ3v) is 5.63. The van der Waals surface area contributed by atoms with Crippen LogP contribution >= 0.6 is 0 Å². The number of benzene rings is 1. The predicted molar refractivity (Wildman–Crippen MR) is 89.1 cm³/mol. The van der Waals surface area contributed by atoms with E-state index in [-0.39, 0.29) is 0 Å². The predicted octanol–water partition coefficient (Wildman–Crippen LogP) is -0.456. The summed E-state index contributed by atoms with van der Waals surface area (Å²) in [5.41, 5.74) is 4.23. The quantitative estimate of drug-likeness (QED) is 0.568. The Labute approximate surface area is 158 Å². The van der Waals surface area contributed by atoms with Crippen LogP contribution in [0.3, 0.4) is 0 Å². The number of likely N-dealkylation sites (tertiary alicyclic amines) is 1. The van der Waals surface area contributed by atoms with Crippen LogP contribution in [0.4, 0.5) is 0 Å². The van der Waals surface area contributed by atoms with Crippen molar-refractivity contribution in [2.24, 2.45) is 0 Å². The number of aromatic nitrogens is 1. The van der Waals surface area contributed by atoms with Crippen LogP contribution in [0.5, 0.6) is 0 Å². The van der Waals surface area contributed by atoms with Gasteiger partial charge >= 0.3 is 28.9 Å². The topological polar surface area (TPSA) is 108 Å². The van der Waals surface area contributed by atoms with Crippen LogP contribution in [0, 0.1) is 10.2 Å². The number of hydrogen-bond acceptors (Lipinski definition) is 5. The minimum absolute atomic E-state index is 0.324. The van der Waals surface area contributed by atoms with Crippen molar-refractivity contribution in [3.05, 3.63) is 65.5 Å². The van der Waals surface area contributed by atoms with Gasteiger partial charge < -0.3 is 4.90 Å². The van der Waals surface area contributed by atoms with Crippen LogP contribution in [-0.4, -0.2) is 37.4 Å². The zero-order chi connectivity index (χ0) is 19.2. The van der Waals surface area contributed by atoms with Crippen molar-refractivity contribution in [2.45, 2.75) is 37.3 Å². The molecule has 1 amide bonds. The molecule has 3 atom stereocenters. The number of halogens is 1. The van der Waals surface area contributed by atoms with E-state index in [9.17, 15) is 4.79 Å². The Morgan fingerprint density at radius 3 is 2.41 bits per heavy atom. The number of hydrogen-bond donors (Lipinski definition) is 3. The van der Waals surface area contributed by atoms with E-state index in [4.69, 9.17) is 18.6 Å². The second-order valence-electron chi connectivity index (χ2n) is 7.08. The van der Waals surface area contributed by atoms with Gasteiger partial charge in [-0.3, -0.25) is 4.79 Å². The summed E-state index contributed by atoms with van der Waals surface area (Å²) >= 11 is 0. The van der Waals surface area contributed by atoms with Gasteiger partial charge in [-0.15, -0.1) is 0 Å². The fourth-order valence-electron chi connectivity index (χ4n) is 4.76. The van der Waals surface area contributed by atoms with Gasteiger partial charge in [0.2, 0.25) is 5.91 Å². The van der Waals surface area contributed by atoms with Gasteiger partial charge in [-0.2, -0.15) is 4.57 Å². The molecule has 27 heavy (non-hydrogen) atoms. The fourth-order valence-corrected chi connectivity index (χ4v) is 4.76. The summed E-state index contributed by atoms with van der Waals surface area (Å²) in [5, 5.41) is 0. The molecular weight excluding hydrogens is 372 g/mol. The number of amides is 1. The molecule has 0 radical (unpaired) electrons. The first-order valence-corrected chi connectivity index (χ1v) is 10.2. The van der Waals surface area contributed by atoms with Crippen molar-refractivity contribution in [3.8, 4) is 0 Å². The number of rotatable bonds is 1. The first kappa shape index (κ1) is 18.3. The molecule has 2 aromatic rings. The van der Waals surface area contributed by atoms with Crippen LogP contribution in [0.25, 0.3) is 0 Å². The van der Waals surface area contributed by atoms with Crippen LogP contribution in [0.15, 0.2) is 48.7 Å². The Kier molecular flexibility index (Phi) is 4.65. The molecule has 7 nitrogen and oxygen atoms in total. The number of fused-ring (bicyclic) bond motifs is 1. The summed E-state index contributed by atoms with van der Waals surface area (Å²) in [6.07, 6.45) is 4.99. The summed E-state index contributed by atoms with van der Waals surface area (Å²) in [6, 6.07) is 16.0. The average molecular weight is 394 g/mol. The first-order valence-electron chi connectivity index (χ1n) is 8.89. The molecule has 1 aromatic carbocycles. The van der Waals surface area contributed by atoms with Gasteiger partial charge in [-0.05, 0) is 12.0 Å². The third kappa shape index (κ3) is 3.44. The normalized spacial score (nSPS) is 26.1. The summed E-state index contributed by atoms with van der Waals surface area (Å²) in [5.74, 6) is 0.668. The monoisotopic (exact) mass is 393 g/mol. The van der Waals surface area contributed by atoms with E-state index in [1.807, 2.05) is 0 Å². The molecule has 1 aromatic heterocycles. The maximum absolute atomic E-state index is 12.3. The summed E-state index contributed by atoms with van der Waals surface area (Å²) in [7, 11) is -4.19. The zero-order valence-electron chi connectivity index (χ0n) is 14.6. The van der Waals surface area contributed by atoms with Crippen molar-refractivity contribution >= 4 is 5.91 Å². The van der Waals surface area contributed by atoms with Gasteiger partial charge in [-0.25, -0.2) is 0 Å². The molecule has 8 heteroatoms. The van der Waals surface area contributed by atoms with E-state index in [0.29, 0.717) is 23.9 Å². The van der Waals surface area contributed by atoms with Crippen LogP contribution in [-0.2, 0) is 4.79 Å². The molecule has 6 rings (SSSR count). The Morgan fingerprint density at radius 2 is 1.74 bits per heavy atom. The van der Waals surface area contributed by atoms with E-state index in [0.717, 1.165) is 25.8 Å².